The molecule has 0 fully saturated rings. The highest BCUT2D eigenvalue weighted by Gasteiger charge is 2.09. The number of nitrogens with zero attached hydrogens (tertiary/aromatic N) is 3. The fraction of sp³-hybridized carbons (Fsp3) is 0.0769. The SMILES string of the molecule is Cc1cccc(-c2nnc3c(O)cccn23)c1. The lowest BCUT2D eigenvalue weighted by atomic mass is 10.1. The standard InChI is InChI=1S/C13H11N3O/c1-9-4-2-5-10(8-9)12-14-15-13-11(17)6-3-7-16(12)13/h2-8,17H,1H3. The van der Waals surface area contributed by atoms with Crippen LogP contribution in [-0.2, 0) is 0 Å². The Labute approximate surface area is 98.2 Å². The molecule has 84 valence electrons. The van der Waals surface area contributed by atoms with Crippen LogP contribution in [-0.4, -0.2) is 19.7 Å². The summed E-state index contributed by atoms with van der Waals surface area (Å²) in [5.74, 6) is 0.874. The van der Waals surface area contributed by atoms with Gasteiger partial charge in [0.2, 0.25) is 5.65 Å². The summed E-state index contributed by atoms with van der Waals surface area (Å²) in [6.45, 7) is 2.03. The van der Waals surface area contributed by atoms with Gasteiger partial charge >= 0.3 is 0 Å². The number of fused-ring (bicyclic) bond motifs is 1. The molecule has 4 nitrogen and oxygen atoms in total. The predicted molar refractivity (Wildman–Crippen MR) is 64.8 cm³/mol. The van der Waals surface area contributed by atoms with E-state index in [9.17, 15) is 5.11 Å². The maximum Gasteiger partial charge on any atom is 0.203 e. The van der Waals surface area contributed by atoms with Crippen LogP contribution in [0.25, 0.3) is 17.0 Å². The van der Waals surface area contributed by atoms with E-state index in [-0.39, 0.29) is 5.75 Å². The molecule has 0 aliphatic rings. The van der Waals surface area contributed by atoms with Gasteiger partial charge in [0.25, 0.3) is 0 Å². The number of rotatable bonds is 1. The fourth-order valence-electron chi connectivity index (χ4n) is 1.88. The molecule has 0 bridgehead atoms. The first-order valence-corrected chi connectivity index (χ1v) is 5.35. The van der Waals surface area contributed by atoms with Crippen molar-refractivity contribution >= 4 is 5.65 Å². The number of aromatic hydroxyl groups is 1. The Morgan fingerprint density at radius 1 is 1.12 bits per heavy atom. The first kappa shape index (κ1) is 9.84. The van der Waals surface area contributed by atoms with Crippen LogP contribution in [0.4, 0.5) is 0 Å². The van der Waals surface area contributed by atoms with Crippen LogP contribution in [0, 0.1) is 6.92 Å². The second kappa shape index (κ2) is 3.59. The van der Waals surface area contributed by atoms with E-state index in [2.05, 4.69) is 10.2 Å². The van der Waals surface area contributed by atoms with Gasteiger partial charge in [0, 0.05) is 11.8 Å². The first-order chi connectivity index (χ1) is 8.25. The molecule has 0 spiro atoms. The summed E-state index contributed by atoms with van der Waals surface area (Å²) in [5.41, 5.74) is 2.63. The van der Waals surface area contributed by atoms with Gasteiger partial charge in [-0.05, 0) is 25.1 Å². The van der Waals surface area contributed by atoms with Crippen molar-refractivity contribution in [1.29, 1.82) is 0 Å². The fourth-order valence-corrected chi connectivity index (χ4v) is 1.88. The van der Waals surface area contributed by atoms with Crippen molar-refractivity contribution in [2.24, 2.45) is 0 Å². The van der Waals surface area contributed by atoms with Crippen molar-refractivity contribution in [2.75, 3.05) is 0 Å². The molecule has 0 radical (unpaired) electrons. The molecular formula is C13H11N3O. The van der Waals surface area contributed by atoms with E-state index in [1.54, 1.807) is 16.5 Å². The van der Waals surface area contributed by atoms with Gasteiger partial charge in [0.1, 0.15) is 0 Å². The summed E-state index contributed by atoms with van der Waals surface area (Å²) < 4.78 is 1.78. The van der Waals surface area contributed by atoms with Crippen molar-refractivity contribution in [1.82, 2.24) is 14.6 Å². The Morgan fingerprint density at radius 2 is 2.00 bits per heavy atom. The number of hydrogen-bond donors (Lipinski definition) is 1. The molecule has 17 heavy (non-hydrogen) atoms. The molecular weight excluding hydrogens is 214 g/mol. The van der Waals surface area contributed by atoms with Gasteiger partial charge < -0.3 is 5.11 Å². The van der Waals surface area contributed by atoms with Crippen molar-refractivity contribution < 1.29 is 5.11 Å². The Bertz CT molecular complexity index is 688. The van der Waals surface area contributed by atoms with Gasteiger partial charge in [0.05, 0.1) is 0 Å². The van der Waals surface area contributed by atoms with Gasteiger partial charge in [-0.15, -0.1) is 10.2 Å². The zero-order valence-corrected chi connectivity index (χ0v) is 9.33. The minimum Gasteiger partial charge on any atom is -0.504 e. The van der Waals surface area contributed by atoms with E-state index >= 15 is 0 Å². The van der Waals surface area contributed by atoms with Crippen molar-refractivity contribution in [3.8, 4) is 17.1 Å². The average Bonchev–Trinajstić information content (AvgIpc) is 2.74. The highest BCUT2D eigenvalue weighted by molar-refractivity contribution is 5.63. The van der Waals surface area contributed by atoms with E-state index < -0.39 is 0 Å². The zero-order chi connectivity index (χ0) is 11.8. The number of aromatic nitrogens is 3. The summed E-state index contributed by atoms with van der Waals surface area (Å²) in [6.07, 6.45) is 1.84. The van der Waals surface area contributed by atoms with Crippen molar-refractivity contribution in [3.05, 3.63) is 48.2 Å². The number of benzene rings is 1. The summed E-state index contributed by atoms with van der Waals surface area (Å²) in [7, 11) is 0. The normalized spacial score (nSPS) is 10.9. The van der Waals surface area contributed by atoms with Crippen molar-refractivity contribution in [2.45, 2.75) is 6.92 Å². The largest absolute Gasteiger partial charge is 0.504 e. The second-order valence-corrected chi connectivity index (χ2v) is 3.98. The quantitative estimate of drug-likeness (QED) is 0.691. The monoisotopic (exact) mass is 225 g/mol. The van der Waals surface area contributed by atoms with E-state index in [4.69, 9.17) is 0 Å². The van der Waals surface area contributed by atoms with Gasteiger partial charge in [-0.2, -0.15) is 0 Å². The topological polar surface area (TPSA) is 50.4 Å². The van der Waals surface area contributed by atoms with E-state index in [0.717, 1.165) is 11.4 Å². The number of aryl methyl sites for hydroxylation is 1. The van der Waals surface area contributed by atoms with Gasteiger partial charge in [-0.3, -0.25) is 4.40 Å². The Kier molecular flexibility index (Phi) is 2.08. The van der Waals surface area contributed by atoms with Crippen molar-refractivity contribution in [3.63, 3.8) is 0 Å². The summed E-state index contributed by atoms with van der Waals surface area (Å²) >= 11 is 0. The lowest BCUT2D eigenvalue weighted by Gasteiger charge is -2.01. The molecule has 0 unspecified atom stereocenters. The van der Waals surface area contributed by atoms with Gasteiger partial charge in [-0.1, -0.05) is 23.8 Å². The smallest absolute Gasteiger partial charge is 0.203 e. The molecule has 0 aliphatic heterocycles. The molecule has 2 aromatic heterocycles. The first-order valence-electron chi connectivity index (χ1n) is 5.35. The van der Waals surface area contributed by atoms with Crippen LogP contribution < -0.4 is 0 Å². The molecule has 0 saturated heterocycles. The zero-order valence-electron chi connectivity index (χ0n) is 9.33. The van der Waals surface area contributed by atoms with Gasteiger partial charge in [-0.25, -0.2) is 0 Å². The highest BCUT2D eigenvalue weighted by atomic mass is 16.3. The molecule has 0 atom stereocenters. The van der Waals surface area contributed by atoms with Crippen LogP contribution in [0.5, 0.6) is 5.75 Å². The van der Waals surface area contributed by atoms with Crippen LogP contribution in [0.15, 0.2) is 42.6 Å². The Hall–Kier alpha value is -2.36. The maximum absolute atomic E-state index is 9.66. The molecule has 4 heteroatoms. The highest BCUT2D eigenvalue weighted by Crippen LogP contribution is 2.23. The van der Waals surface area contributed by atoms with Crippen LogP contribution >= 0.6 is 0 Å². The lowest BCUT2D eigenvalue weighted by Crippen LogP contribution is -1.89. The third-order valence-corrected chi connectivity index (χ3v) is 2.69. The number of pyridine rings is 1. The van der Waals surface area contributed by atoms with E-state index in [1.165, 1.54) is 5.56 Å². The molecule has 0 saturated carbocycles. The minimum atomic E-state index is 0.138. The molecule has 1 aromatic carbocycles. The lowest BCUT2D eigenvalue weighted by molar-refractivity contribution is 0.477. The predicted octanol–water partition coefficient (Wildman–Crippen LogP) is 2.41. The Balaban J connectivity index is 2.28. The molecule has 0 amide bonds. The molecule has 0 aliphatic carbocycles. The summed E-state index contributed by atoms with van der Waals surface area (Å²) in [5, 5.41) is 17.8. The summed E-state index contributed by atoms with van der Waals surface area (Å²) in [6, 6.07) is 11.4. The van der Waals surface area contributed by atoms with Crippen LogP contribution in [0.3, 0.4) is 0 Å². The van der Waals surface area contributed by atoms with Crippen LogP contribution in [0.1, 0.15) is 5.56 Å². The third-order valence-electron chi connectivity index (χ3n) is 2.69. The minimum absolute atomic E-state index is 0.138. The van der Waals surface area contributed by atoms with E-state index in [1.807, 2.05) is 37.4 Å². The van der Waals surface area contributed by atoms with E-state index in [0.29, 0.717) is 5.65 Å². The second-order valence-electron chi connectivity index (χ2n) is 3.98. The third kappa shape index (κ3) is 1.54. The molecule has 1 N–H and O–H groups in total. The van der Waals surface area contributed by atoms with Crippen LogP contribution in [0.2, 0.25) is 0 Å². The van der Waals surface area contributed by atoms with Gasteiger partial charge in [0.15, 0.2) is 11.6 Å². The summed E-state index contributed by atoms with van der Waals surface area (Å²) in [4.78, 5) is 0. The average molecular weight is 225 g/mol. The molecule has 3 rings (SSSR count). The molecule has 3 aromatic rings. The number of hydrogen-bond acceptors (Lipinski definition) is 3. The maximum atomic E-state index is 9.66. The molecule has 2 heterocycles. The Morgan fingerprint density at radius 3 is 2.82 bits per heavy atom.